The third kappa shape index (κ3) is 3.35. The van der Waals surface area contributed by atoms with Crippen molar-refractivity contribution >= 4 is 23.8 Å². The monoisotopic (exact) mass is 286 g/mol. The summed E-state index contributed by atoms with van der Waals surface area (Å²) in [6.45, 7) is 2.41. The van der Waals surface area contributed by atoms with Crippen LogP contribution in [-0.4, -0.2) is 41.2 Å². The van der Waals surface area contributed by atoms with Gasteiger partial charge in [0.05, 0.1) is 5.41 Å². The third-order valence-corrected chi connectivity index (χ3v) is 5.56. The van der Waals surface area contributed by atoms with E-state index in [1.807, 2.05) is 11.8 Å². The normalized spacial score (nSPS) is 34.2. The van der Waals surface area contributed by atoms with Crippen molar-refractivity contribution in [2.75, 3.05) is 18.1 Å². The second kappa shape index (κ2) is 6.03. The van der Waals surface area contributed by atoms with Crippen LogP contribution in [0.3, 0.4) is 0 Å². The van der Waals surface area contributed by atoms with Crippen molar-refractivity contribution < 1.29 is 14.7 Å². The molecule has 1 saturated carbocycles. The number of rotatable bonds is 4. The number of carbonyl (C=O) groups is 2. The van der Waals surface area contributed by atoms with Crippen LogP contribution in [0.5, 0.6) is 0 Å². The Bertz CT molecular complexity index is 358. The lowest BCUT2D eigenvalue weighted by atomic mass is 9.85. The minimum absolute atomic E-state index is 0.226. The molecule has 6 heteroatoms. The fourth-order valence-corrected chi connectivity index (χ4v) is 4.13. The van der Waals surface area contributed by atoms with Crippen LogP contribution in [0.4, 0.5) is 4.79 Å². The van der Waals surface area contributed by atoms with E-state index in [1.54, 1.807) is 6.92 Å². The van der Waals surface area contributed by atoms with Gasteiger partial charge in [-0.2, -0.15) is 11.8 Å². The SMILES string of the molecule is CC1(C(=O)O)CCCC1NC(=O)NCC1CCSC1. The zero-order chi connectivity index (χ0) is 13.9. The zero-order valence-electron chi connectivity index (χ0n) is 11.3. The summed E-state index contributed by atoms with van der Waals surface area (Å²) < 4.78 is 0. The minimum Gasteiger partial charge on any atom is -0.481 e. The van der Waals surface area contributed by atoms with Crippen molar-refractivity contribution in [2.24, 2.45) is 11.3 Å². The molecule has 19 heavy (non-hydrogen) atoms. The molecule has 1 aliphatic heterocycles. The Kier molecular flexibility index (Phi) is 4.60. The number of hydrogen-bond acceptors (Lipinski definition) is 3. The quantitative estimate of drug-likeness (QED) is 0.735. The first-order chi connectivity index (χ1) is 9.02. The van der Waals surface area contributed by atoms with Crippen LogP contribution in [0.15, 0.2) is 0 Å². The molecule has 0 aromatic rings. The Hall–Kier alpha value is -0.910. The maximum atomic E-state index is 11.8. The largest absolute Gasteiger partial charge is 0.481 e. The molecular weight excluding hydrogens is 264 g/mol. The maximum Gasteiger partial charge on any atom is 0.315 e. The average Bonchev–Trinajstić information content (AvgIpc) is 2.98. The van der Waals surface area contributed by atoms with E-state index in [-0.39, 0.29) is 12.1 Å². The van der Waals surface area contributed by atoms with Crippen LogP contribution in [0.1, 0.15) is 32.6 Å². The molecule has 3 N–H and O–H groups in total. The van der Waals surface area contributed by atoms with Crippen LogP contribution in [0, 0.1) is 11.3 Å². The smallest absolute Gasteiger partial charge is 0.315 e. The summed E-state index contributed by atoms with van der Waals surface area (Å²) in [7, 11) is 0. The van der Waals surface area contributed by atoms with Crippen LogP contribution < -0.4 is 10.6 Å². The first kappa shape index (κ1) is 14.5. The van der Waals surface area contributed by atoms with E-state index < -0.39 is 11.4 Å². The second-order valence-corrected chi connectivity index (χ2v) is 6.90. The summed E-state index contributed by atoms with van der Waals surface area (Å²) in [6.07, 6.45) is 3.39. The molecule has 108 valence electrons. The number of amides is 2. The number of carboxylic acids is 1. The molecule has 1 heterocycles. The first-order valence-corrected chi connectivity index (χ1v) is 8.03. The van der Waals surface area contributed by atoms with E-state index in [1.165, 1.54) is 5.75 Å². The van der Waals surface area contributed by atoms with Crippen molar-refractivity contribution in [2.45, 2.75) is 38.6 Å². The van der Waals surface area contributed by atoms with Crippen molar-refractivity contribution in [3.63, 3.8) is 0 Å². The number of carbonyl (C=O) groups excluding carboxylic acids is 1. The Labute approximate surface area is 117 Å². The second-order valence-electron chi connectivity index (χ2n) is 5.75. The van der Waals surface area contributed by atoms with E-state index in [4.69, 9.17) is 0 Å². The van der Waals surface area contributed by atoms with Gasteiger partial charge in [-0.25, -0.2) is 4.79 Å². The van der Waals surface area contributed by atoms with E-state index in [0.29, 0.717) is 18.9 Å². The predicted octanol–water partition coefficient (Wildman–Crippen LogP) is 1.68. The molecule has 3 atom stereocenters. The number of urea groups is 1. The molecular formula is C13H22N2O3S. The van der Waals surface area contributed by atoms with Gasteiger partial charge in [-0.15, -0.1) is 0 Å². The number of aliphatic carboxylic acids is 1. The van der Waals surface area contributed by atoms with E-state index >= 15 is 0 Å². The molecule has 2 aliphatic rings. The van der Waals surface area contributed by atoms with Crippen LogP contribution in [0.2, 0.25) is 0 Å². The molecule has 3 unspecified atom stereocenters. The van der Waals surface area contributed by atoms with Gasteiger partial charge in [-0.1, -0.05) is 6.42 Å². The number of carboxylic acid groups (broad SMARTS) is 1. The van der Waals surface area contributed by atoms with Gasteiger partial charge in [-0.3, -0.25) is 4.79 Å². The van der Waals surface area contributed by atoms with E-state index in [9.17, 15) is 14.7 Å². The van der Waals surface area contributed by atoms with Gasteiger partial charge in [0, 0.05) is 12.6 Å². The van der Waals surface area contributed by atoms with Crippen LogP contribution in [0.25, 0.3) is 0 Å². The highest BCUT2D eigenvalue weighted by Gasteiger charge is 2.45. The molecule has 5 nitrogen and oxygen atoms in total. The summed E-state index contributed by atoms with van der Waals surface area (Å²) in [4.78, 5) is 23.2. The summed E-state index contributed by atoms with van der Waals surface area (Å²) in [5.74, 6) is 2.03. The van der Waals surface area contributed by atoms with Gasteiger partial charge < -0.3 is 15.7 Å². The number of thioether (sulfide) groups is 1. The van der Waals surface area contributed by atoms with E-state index in [2.05, 4.69) is 10.6 Å². The minimum atomic E-state index is -0.819. The van der Waals surface area contributed by atoms with Crippen molar-refractivity contribution in [1.29, 1.82) is 0 Å². The summed E-state index contributed by atoms with van der Waals surface area (Å²) in [5, 5.41) is 15.0. The van der Waals surface area contributed by atoms with Crippen molar-refractivity contribution in [3.05, 3.63) is 0 Å². The molecule has 2 rings (SSSR count). The van der Waals surface area contributed by atoms with Crippen molar-refractivity contribution in [1.82, 2.24) is 10.6 Å². The predicted molar refractivity (Wildman–Crippen MR) is 75.3 cm³/mol. The molecule has 2 fully saturated rings. The Balaban J connectivity index is 1.79. The van der Waals surface area contributed by atoms with Gasteiger partial charge >= 0.3 is 12.0 Å². The highest BCUT2D eigenvalue weighted by molar-refractivity contribution is 7.99. The molecule has 2 amide bonds. The lowest BCUT2D eigenvalue weighted by Crippen LogP contribution is -2.50. The molecule has 1 saturated heterocycles. The fourth-order valence-electron chi connectivity index (χ4n) is 2.84. The lowest BCUT2D eigenvalue weighted by molar-refractivity contribution is -0.148. The van der Waals surface area contributed by atoms with Crippen LogP contribution >= 0.6 is 11.8 Å². The number of nitrogens with one attached hydrogen (secondary N) is 2. The highest BCUT2D eigenvalue weighted by atomic mass is 32.2. The van der Waals surface area contributed by atoms with Gasteiger partial charge in [0.1, 0.15) is 0 Å². The molecule has 0 aromatic heterocycles. The Morgan fingerprint density at radius 2 is 2.21 bits per heavy atom. The van der Waals surface area contributed by atoms with Gasteiger partial charge in [0.2, 0.25) is 0 Å². The lowest BCUT2D eigenvalue weighted by Gasteiger charge is -2.27. The van der Waals surface area contributed by atoms with Gasteiger partial charge in [-0.05, 0) is 43.6 Å². The molecule has 0 radical (unpaired) electrons. The molecule has 1 aliphatic carbocycles. The number of hydrogen-bond donors (Lipinski definition) is 3. The maximum absolute atomic E-state index is 11.8. The summed E-state index contributed by atoms with van der Waals surface area (Å²) in [6, 6.07) is -0.487. The first-order valence-electron chi connectivity index (χ1n) is 6.88. The van der Waals surface area contributed by atoms with Crippen molar-refractivity contribution in [3.8, 4) is 0 Å². The Morgan fingerprint density at radius 1 is 1.42 bits per heavy atom. The molecule has 0 aromatic carbocycles. The molecule has 0 bridgehead atoms. The van der Waals surface area contributed by atoms with Gasteiger partial charge in [0.15, 0.2) is 0 Å². The van der Waals surface area contributed by atoms with Crippen LogP contribution in [-0.2, 0) is 4.79 Å². The van der Waals surface area contributed by atoms with E-state index in [0.717, 1.165) is 25.0 Å². The standard InChI is InChI=1S/C13H22N2O3S/c1-13(11(16)17)5-2-3-10(13)15-12(18)14-7-9-4-6-19-8-9/h9-10H,2-8H2,1H3,(H,16,17)(H2,14,15,18). The Morgan fingerprint density at radius 3 is 2.84 bits per heavy atom. The van der Waals surface area contributed by atoms with Gasteiger partial charge in [0.25, 0.3) is 0 Å². The molecule has 0 spiro atoms. The summed E-state index contributed by atoms with van der Waals surface area (Å²) >= 11 is 1.92. The highest BCUT2D eigenvalue weighted by Crippen LogP contribution is 2.38. The average molecular weight is 286 g/mol. The third-order valence-electron chi connectivity index (χ3n) is 4.33. The fraction of sp³-hybridized carbons (Fsp3) is 0.846. The summed E-state index contributed by atoms with van der Waals surface area (Å²) in [5.41, 5.74) is -0.819. The topological polar surface area (TPSA) is 78.4 Å². The zero-order valence-corrected chi connectivity index (χ0v) is 12.1.